The fourth-order valence-electron chi connectivity index (χ4n) is 1.48. The SMILES string of the molecule is CC[C@H](OC)C(=N)Cc1ccccc1. The summed E-state index contributed by atoms with van der Waals surface area (Å²) in [6.07, 6.45) is 1.52. The van der Waals surface area contributed by atoms with Crippen molar-refractivity contribution in [2.24, 2.45) is 0 Å². The Morgan fingerprint density at radius 2 is 2.00 bits per heavy atom. The van der Waals surface area contributed by atoms with E-state index < -0.39 is 0 Å². The van der Waals surface area contributed by atoms with Crippen LogP contribution in [-0.4, -0.2) is 18.9 Å². The van der Waals surface area contributed by atoms with Crippen molar-refractivity contribution < 1.29 is 4.74 Å². The monoisotopic (exact) mass is 191 g/mol. The maximum Gasteiger partial charge on any atom is 0.0945 e. The summed E-state index contributed by atoms with van der Waals surface area (Å²) in [6, 6.07) is 10.1. The molecule has 0 aliphatic heterocycles. The van der Waals surface area contributed by atoms with Crippen LogP contribution < -0.4 is 0 Å². The van der Waals surface area contributed by atoms with Gasteiger partial charge in [0, 0.05) is 19.2 Å². The molecule has 14 heavy (non-hydrogen) atoms. The van der Waals surface area contributed by atoms with Gasteiger partial charge in [-0.15, -0.1) is 0 Å². The molecule has 1 aromatic rings. The second-order valence-electron chi connectivity index (χ2n) is 3.32. The Kier molecular flexibility index (Phi) is 4.33. The lowest BCUT2D eigenvalue weighted by Crippen LogP contribution is -2.23. The molecular formula is C12H17NO. The minimum absolute atomic E-state index is 0.0322. The van der Waals surface area contributed by atoms with Gasteiger partial charge in [0.15, 0.2) is 0 Å². The molecule has 0 heterocycles. The Hall–Kier alpha value is -1.15. The van der Waals surface area contributed by atoms with Gasteiger partial charge in [0.05, 0.1) is 6.10 Å². The molecule has 0 aliphatic carbocycles. The second-order valence-corrected chi connectivity index (χ2v) is 3.32. The van der Waals surface area contributed by atoms with Crippen LogP contribution in [0.3, 0.4) is 0 Å². The molecule has 0 saturated carbocycles. The predicted molar refractivity (Wildman–Crippen MR) is 59.0 cm³/mol. The Morgan fingerprint density at radius 3 is 2.50 bits per heavy atom. The summed E-state index contributed by atoms with van der Waals surface area (Å²) in [7, 11) is 1.66. The summed E-state index contributed by atoms with van der Waals surface area (Å²) >= 11 is 0. The molecule has 0 radical (unpaired) electrons. The molecule has 0 saturated heterocycles. The molecule has 0 fully saturated rings. The lowest BCUT2D eigenvalue weighted by Gasteiger charge is -2.14. The topological polar surface area (TPSA) is 33.1 Å². The Balaban J connectivity index is 2.57. The second kappa shape index (κ2) is 5.55. The van der Waals surface area contributed by atoms with Crippen molar-refractivity contribution in [2.75, 3.05) is 7.11 Å². The average molecular weight is 191 g/mol. The Labute approximate surface area is 85.4 Å². The molecular weight excluding hydrogens is 174 g/mol. The molecule has 0 aromatic heterocycles. The molecule has 0 unspecified atom stereocenters. The molecule has 1 aromatic carbocycles. The van der Waals surface area contributed by atoms with Crippen LogP contribution in [0.2, 0.25) is 0 Å². The van der Waals surface area contributed by atoms with Crippen LogP contribution in [-0.2, 0) is 11.2 Å². The van der Waals surface area contributed by atoms with Crippen molar-refractivity contribution in [3.05, 3.63) is 35.9 Å². The summed E-state index contributed by atoms with van der Waals surface area (Å²) < 4.78 is 5.21. The van der Waals surface area contributed by atoms with Gasteiger partial charge in [0.2, 0.25) is 0 Å². The van der Waals surface area contributed by atoms with Gasteiger partial charge in [0.1, 0.15) is 0 Å². The number of nitrogens with one attached hydrogen (secondary N) is 1. The van der Waals surface area contributed by atoms with Gasteiger partial charge in [-0.05, 0) is 12.0 Å². The van der Waals surface area contributed by atoms with Gasteiger partial charge >= 0.3 is 0 Å². The van der Waals surface area contributed by atoms with Gasteiger partial charge in [-0.25, -0.2) is 0 Å². The van der Waals surface area contributed by atoms with E-state index in [0.29, 0.717) is 12.1 Å². The number of rotatable bonds is 5. The van der Waals surface area contributed by atoms with Crippen LogP contribution in [0.4, 0.5) is 0 Å². The van der Waals surface area contributed by atoms with E-state index in [1.165, 1.54) is 5.56 Å². The Morgan fingerprint density at radius 1 is 1.36 bits per heavy atom. The highest BCUT2D eigenvalue weighted by molar-refractivity contribution is 5.87. The minimum atomic E-state index is -0.0322. The van der Waals surface area contributed by atoms with Gasteiger partial charge in [-0.1, -0.05) is 37.3 Å². The van der Waals surface area contributed by atoms with Crippen molar-refractivity contribution >= 4 is 5.71 Å². The lowest BCUT2D eigenvalue weighted by molar-refractivity contribution is 0.151. The summed E-state index contributed by atoms with van der Waals surface area (Å²) in [4.78, 5) is 0. The first kappa shape index (κ1) is 10.9. The summed E-state index contributed by atoms with van der Waals surface area (Å²) in [5.41, 5.74) is 1.83. The highest BCUT2D eigenvalue weighted by Crippen LogP contribution is 2.06. The molecule has 1 atom stereocenters. The number of hydrogen-bond acceptors (Lipinski definition) is 2. The van der Waals surface area contributed by atoms with Crippen LogP contribution in [0.5, 0.6) is 0 Å². The molecule has 1 N–H and O–H groups in total. The third-order valence-corrected chi connectivity index (χ3v) is 2.28. The lowest BCUT2D eigenvalue weighted by atomic mass is 10.0. The van der Waals surface area contributed by atoms with Crippen molar-refractivity contribution in [3.8, 4) is 0 Å². The van der Waals surface area contributed by atoms with Gasteiger partial charge in [-0.3, -0.25) is 0 Å². The fourth-order valence-corrected chi connectivity index (χ4v) is 1.48. The van der Waals surface area contributed by atoms with Crippen LogP contribution in [0, 0.1) is 5.41 Å². The standard InChI is InChI=1S/C12H17NO/c1-3-12(14-2)11(13)9-10-7-5-4-6-8-10/h4-8,12-13H,3,9H2,1-2H3/t12-/m0/s1. The van der Waals surface area contributed by atoms with Crippen molar-refractivity contribution in [3.63, 3.8) is 0 Å². The first-order chi connectivity index (χ1) is 6.77. The molecule has 1 rings (SSSR count). The quantitative estimate of drug-likeness (QED) is 0.713. The maximum atomic E-state index is 7.86. The van der Waals surface area contributed by atoms with E-state index in [9.17, 15) is 0 Å². The number of hydrogen-bond donors (Lipinski definition) is 1. The summed E-state index contributed by atoms with van der Waals surface area (Å²) in [5.74, 6) is 0. The van der Waals surface area contributed by atoms with Crippen LogP contribution >= 0.6 is 0 Å². The van der Waals surface area contributed by atoms with Gasteiger partial charge in [0.25, 0.3) is 0 Å². The van der Waals surface area contributed by atoms with E-state index in [-0.39, 0.29) is 6.10 Å². The molecule has 0 amide bonds. The van der Waals surface area contributed by atoms with Crippen LogP contribution in [0.25, 0.3) is 0 Å². The summed E-state index contributed by atoms with van der Waals surface area (Å²) in [6.45, 7) is 2.04. The average Bonchev–Trinajstić information content (AvgIpc) is 2.21. The molecule has 76 valence electrons. The van der Waals surface area contributed by atoms with Crippen molar-refractivity contribution in [1.29, 1.82) is 5.41 Å². The highest BCUT2D eigenvalue weighted by Gasteiger charge is 2.11. The third kappa shape index (κ3) is 2.96. The van der Waals surface area contributed by atoms with E-state index in [4.69, 9.17) is 10.1 Å². The van der Waals surface area contributed by atoms with Gasteiger partial charge in [-0.2, -0.15) is 0 Å². The van der Waals surface area contributed by atoms with E-state index in [2.05, 4.69) is 0 Å². The number of benzene rings is 1. The van der Waals surface area contributed by atoms with E-state index in [1.807, 2.05) is 37.3 Å². The zero-order chi connectivity index (χ0) is 10.4. The minimum Gasteiger partial charge on any atom is -0.376 e. The third-order valence-electron chi connectivity index (χ3n) is 2.28. The van der Waals surface area contributed by atoms with Crippen LogP contribution in [0.15, 0.2) is 30.3 Å². The zero-order valence-electron chi connectivity index (χ0n) is 8.79. The molecule has 0 aliphatic rings. The number of ether oxygens (including phenoxy) is 1. The van der Waals surface area contributed by atoms with Crippen molar-refractivity contribution in [1.82, 2.24) is 0 Å². The number of methoxy groups -OCH3 is 1. The van der Waals surface area contributed by atoms with E-state index in [0.717, 1.165) is 6.42 Å². The fraction of sp³-hybridized carbons (Fsp3) is 0.417. The Bertz CT molecular complexity index is 278. The first-order valence-electron chi connectivity index (χ1n) is 4.92. The largest absolute Gasteiger partial charge is 0.376 e. The zero-order valence-corrected chi connectivity index (χ0v) is 8.79. The van der Waals surface area contributed by atoms with Crippen molar-refractivity contribution in [2.45, 2.75) is 25.9 Å². The molecule has 2 nitrogen and oxygen atoms in total. The maximum absolute atomic E-state index is 7.86. The van der Waals surface area contributed by atoms with E-state index in [1.54, 1.807) is 7.11 Å². The van der Waals surface area contributed by atoms with E-state index >= 15 is 0 Å². The smallest absolute Gasteiger partial charge is 0.0945 e. The molecule has 2 heteroatoms. The predicted octanol–water partition coefficient (Wildman–Crippen LogP) is 2.67. The van der Waals surface area contributed by atoms with Gasteiger partial charge < -0.3 is 10.1 Å². The molecule has 0 bridgehead atoms. The highest BCUT2D eigenvalue weighted by atomic mass is 16.5. The summed E-state index contributed by atoms with van der Waals surface area (Å²) in [5, 5.41) is 7.86. The molecule has 0 spiro atoms. The normalized spacial score (nSPS) is 12.4. The first-order valence-corrected chi connectivity index (χ1v) is 4.92. The van der Waals surface area contributed by atoms with Crippen LogP contribution in [0.1, 0.15) is 18.9 Å².